The number of aliphatic hydroxyl groups excluding tert-OH is 1. The summed E-state index contributed by atoms with van der Waals surface area (Å²) in [4.78, 5) is 0. The van der Waals surface area contributed by atoms with Gasteiger partial charge in [-0.3, -0.25) is 0 Å². The van der Waals surface area contributed by atoms with Gasteiger partial charge in [-0.1, -0.05) is 18.2 Å². The zero-order valence-electron chi connectivity index (χ0n) is 8.40. The molecule has 0 spiro atoms. The third kappa shape index (κ3) is 1.29. The summed E-state index contributed by atoms with van der Waals surface area (Å²) in [6, 6.07) is 7.20. The Bertz CT molecular complexity index is 349. The molecule has 1 aliphatic rings. The summed E-state index contributed by atoms with van der Waals surface area (Å²) >= 11 is 0. The number of nitrogens with two attached hydrogens (primary N) is 1. The molecule has 3 N–H and O–H groups in total. The summed E-state index contributed by atoms with van der Waals surface area (Å²) in [7, 11) is 0. The van der Waals surface area contributed by atoms with Crippen molar-refractivity contribution in [3.8, 4) is 5.75 Å². The van der Waals surface area contributed by atoms with Crippen LogP contribution in [0, 0.1) is 0 Å². The summed E-state index contributed by atoms with van der Waals surface area (Å²) in [6.07, 6.45) is -0.669. The maximum absolute atomic E-state index is 9.90. The summed E-state index contributed by atoms with van der Waals surface area (Å²) < 4.78 is 5.67. The molecule has 1 heterocycles. The van der Waals surface area contributed by atoms with E-state index in [1.54, 1.807) is 0 Å². The van der Waals surface area contributed by atoms with E-state index in [1.807, 2.05) is 38.1 Å². The Morgan fingerprint density at radius 1 is 1.36 bits per heavy atom. The third-order valence-electron chi connectivity index (χ3n) is 2.70. The molecular formula is C11H15NO2. The fraction of sp³-hybridized carbons (Fsp3) is 0.455. The van der Waals surface area contributed by atoms with Crippen molar-refractivity contribution in [3.05, 3.63) is 29.8 Å². The van der Waals surface area contributed by atoms with Gasteiger partial charge in [-0.15, -0.1) is 0 Å². The summed E-state index contributed by atoms with van der Waals surface area (Å²) in [5.41, 5.74) is 6.19. The highest BCUT2D eigenvalue weighted by molar-refractivity contribution is 5.39. The average Bonchev–Trinajstić information content (AvgIpc) is 2.14. The Kier molecular flexibility index (Phi) is 2.01. The number of hydrogen-bond donors (Lipinski definition) is 2. The Labute approximate surface area is 83.5 Å². The molecule has 1 aromatic rings. The van der Waals surface area contributed by atoms with Crippen LogP contribution in [0.15, 0.2) is 24.3 Å². The SMILES string of the molecule is CC1(C)Oc2ccccc2[C@@H](N)[C@@H]1O. The summed E-state index contributed by atoms with van der Waals surface area (Å²) in [5, 5.41) is 9.90. The molecule has 76 valence electrons. The van der Waals surface area contributed by atoms with Crippen LogP contribution >= 0.6 is 0 Å². The Morgan fingerprint density at radius 3 is 2.71 bits per heavy atom. The monoisotopic (exact) mass is 193 g/mol. The molecule has 0 amide bonds. The van der Waals surface area contributed by atoms with Crippen molar-refractivity contribution in [2.24, 2.45) is 5.73 Å². The van der Waals surface area contributed by atoms with Crippen LogP contribution in [0.1, 0.15) is 25.5 Å². The lowest BCUT2D eigenvalue weighted by Crippen LogP contribution is -2.51. The minimum absolute atomic E-state index is 0.366. The van der Waals surface area contributed by atoms with Crippen molar-refractivity contribution < 1.29 is 9.84 Å². The lowest BCUT2D eigenvalue weighted by atomic mass is 9.87. The van der Waals surface area contributed by atoms with Crippen molar-refractivity contribution in [2.45, 2.75) is 31.6 Å². The molecule has 2 rings (SSSR count). The highest BCUT2D eigenvalue weighted by Crippen LogP contribution is 2.37. The van der Waals surface area contributed by atoms with Crippen molar-refractivity contribution in [1.29, 1.82) is 0 Å². The predicted molar refractivity (Wildman–Crippen MR) is 54.1 cm³/mol. The summed E-state index contributed by atoms with van der Waals surface area (Å²) in [5.74, 6) is 0.773. The van der Waals surface area contributed by atoms with Crippen LogP contribution in [0.5, 0.6) is 5.75 Å². The molecule has 1 aromatic carbocycles. The van der Waals surface area contributed by atoms with Gasteiger partial charge < -0.3 is 15.6 Å². The molecular weight excluding hydrogens is 178 g/mol. The highest BCUT2D eigenvalue weighted by atomic mass is 16.5. The second kappa shape index (κ2) is 2.97. The molecule has 0 bridgehead atoms. The Morgan fingerprint density at radius 2 is 2.00 bits per heavy atom. The third-order valence-corrected chi connectivity index (χ3v) is 2.70. The quantitative estimate of drug-likeness (QED) is 0.651. The fourth-order valence-corrected chi connectivity index (χ4v) is 1.80. The van der Waals surface area contributed by atoms with E-state index < -0.39 is 11.7 Å². The second-order valence-electron chi connectivity index (χ2n) is 4.21. The first-order valence-corrected chi connectivity index (χ1v) is 4.74. The maximum Gasteiger partial charge on any atom is 0.131 e. The van der Waals surface area contributed by atoms with E-state index in [0.717, 1.165) is 11.3 Å². The van der Waals surface area contributed by atoms with Gasteiger partial charge in [0, 0.05) is 5.56 Å². The number of para-hydroxylation sites is 1. The molecule has 0 fully saturated rings. The number of benzene rings is 1. The highest BCUT2D eigenvalue weighted by Gasteiger charge is 2.40. The fourth-order valence-electron chi connectivity index (χ4n) is 1.80. The van der Waals surface area contributed by atoms with Crippen molar-refractivity contribution in [3.63, 3.8) is 0 Å². The van der Waals surface area contributed by atoms with Gasteiger partial charge in [0.25, 0.3) is 0 Å². The van der Waals surface area contributed by atoms with Crippen molar-refractivity contribution in [1.82, 2.24) is 0 Å². The molecule has 1 aliphatic heterocycles. The molecule has 0 radical (unpaired) electrons. The number of rotatable bonds is 0. The lowest BCUT2D eigenvalue weighted by Gasteiger charge is -2.40. The number of hydrogen-bond acceptors (Lipinski definition) is 3. The van der Waals surface area contributed by atoms with Crippen LogP contribution in [0.25, 0.3) is 0 Å². The topological polar surface area (TPSA) is 55.5 Å². The van der Waals surface area contributed by atoms with Gasteiger partial charge in [0.05, 0.1) is 6.04 Å². The first-order chi connectivity index (χ1) is 6.52. The minimum Gasteiger partial charge on any atom is -0.485 e. The van der Waals surface area contributed by atoms with Gasteiger partial charge in [0.15, 0.2) is 0 Å². The number of fused-ring (bicyclic) bond motifs is 1. The normalized spacial score (nSPS) is 29.1. The van der Waals surface area contributed by atoms with E-state index in [4.69, 9.17) is 10.5 Å². The Balaban J connectivity index is 2.48. The van der Waals surface area contributed by atoms with Crippen LogP contribution < -0.4 is 10.5 Å². The average molecular weight is 193 g/mol. The van der Waals surface area contributed by atoms with Gasteiger partial charge >= 0.3 is 0 Å². The molecule has 0 saturated heterocycles. The zero-order chi connectivity index (χ0) is 10.3. The van der Waals surface area contributed by atoms with Crippen molar-refractivity contribution >= 4 is 0 Å². The minimum atomic E-state index is -0.669. The Hall–Kier alpha value is -1.06. The van der Waals surface area contributed by atoms with E-state index in [-0.39, 0.29) is 6.04 Å². The maximum atomic E-state index is 9.90. The molecule has 3 heteroatoms. The molecule has 3 nitrogen and oxygen atoms in total. The molecule has 0 saturated carbocycles. The molecule has 0 unspecified atom stereocenters. The summed E-state index contributed by atoms with van der Waals surface area (Å²) in [6.45, 7) is 3.68. The zero-order valence-corrected chi connectivity index (χ0v) is 8.40. The van der Waals surface area contributed by atoms with Gasteiger partial charge in [0.2, 0.25) is 0 Å². The standard InChI is InChI=1S/C11H15NO2/c1-11(2)10(13)9(12)7-5-3-4-6-8(7)14-11/h3-6,9-10,13H,12H2,1-2H3/t9-,10+/m1/s1. The van der Waals surface area contributed by atoms with E-state index >= 15 is 0 Å². The largest absolute Gasteiger partial charge is 0.485 e. The van der Waals surface area contributed by atoms with Crippen LogP contribution in [-0.2, 0) is 0 Å². The van der Waals surface area contributed by atoms with Crippen molar-refractivity contribution in [2.75, 3.05) is 0 Å². The van der Waals surface area contributed by atoms with Crippen LogP contribution in [0.2, 0.25) is 0 Å². The van der Waals surface area contributed by atoms with E-state index in [2.05, 4.69) is 0 Å². The molecule has 14 heavy (non-hydrogen) atoms. The van der Waals surface area contributed by atoms with Gasteiger partial charge in [-0.25, -0.2) is 0 Å². The van der Waals surface area contributed by atoms with E-state index in [1.165, 1.54) is 0 Å². The van der Waals surface area contributed by atoms with Gasteiger partial charge in [-0.05, 0) is 19.9 Å². The first kappa shape index (κ1) is 9.49. The van der Waals surface area contributed by atoms with Gasteiger partial charge in [-0.2, -0.15) is 0 Å². The molecule has 0 aliphatic carbocycles. The van der Waals surface area contributed by atoms with E-state index in [9.17, 15) is 5.11 Å². The molecule has 0 aromatic heterocycles. The van der Waals surface area contributed by atoms with Gasteiger partial charge in [0.1, 0.15) is 17.5 Å². The van der Waals surface area contributed by atoms with E-state index in [0.29, 0.717) is 0 Å². The number of ether oxygens (including phenoxy) is 1. The molecule has 2 atom stereocenters. The predicted octanol–water partition coefficient (Wildman–Crippen LogP) is 1.22. The first-order valence-electron chi connectivity index (χ1n) is 4.74. The van der Waals surface area contributed by atoms with Crippen LogP contribution in [-0.4, -0.2) is 16.8 Å². The lowest BCUT2D eigenvalue weighted by molar-refractivity contribution is -0.0571. The number of aliphatic hydroxyl groups is 1. The van der Waals surface area contributed by atoms with Crippen LogP contribution in [0.3, 0.4) is 0 Å². The smallest absolute Gasteiger partial charge is 0.131 e. The second-order valence-corrected chi connectivity index (χ2v) is 4.21. The van der Waals surface area contributed by atoms with Crippen LogP contribution in [0.4, 0.5) is 0 Å².